The fourth-order valence-electron chi connectivity index (χ4n) is 4.08. The number of oxime groups is 1. The van der Waals surface area contributed by atoms with Crippen LogP contribution in [0.1, 0.15) is 62.4 Å². The minimum Gasteiger partial charge on any atom is -0.508 e. The van der Waals surface area contributed by atoms with E-state index in [1.165, 1.54) is 6.07 Å². The normalized spacial score (nSPS) is 13.6. The SMILES string of the molecule is Cc1cc(F)c(C(/C=C/c2ccc(O)cc2C)=N\OCC(C)N(C(C)C)C(C)C)cc1C. The van der Waals surface area contributed by atoms with E-state index in [0.717, 1.165) is 22.3 Å². The van der Waals surface area contributed by atoms with Crippen LogP contribution >= 0.6 is 0 Å². The Morgan fingerprint density at radius 3 is 2.22 bits per heavy atom. The highest BCUT2D eigenvalue weighted by Gasteiger charge is 2.21. The van der Waals surface area contributed by atoms with Crippen LogP contribution in [0.3, 0.4) is 0 Å². The maximum atomic E-state index is 14.9. The van der Waals surface area contributed by atoms with Crippen molar-refractivity contribution in [2.24, 2.45) is 5.16 Å². The van der Waals surface area contributed by atoms with E-state index >= 15 is 0 Å². The van der Waals surface area contributed by atoms with Gasteiger partial charge in [0.1, 0.15) is 23.9 Å². The van der Waals surface area contributed by atoms with Gasteiger partial charge in [0.05, 0.1) is 0 Å². The van der Waals surface area contributed by atoms with Gasteiger partial charge in [-0.15, -0.1) is 0 Å². The number of hydrogen-bond acceptors (Lipinski definition) is 4. The summed E-state index contributed by atoms with van der Waals surface area (Å²) in [5, 5.41) is 14.0. The summed E-state index contributed by atoms with van der Waals surface area (Å²) in [4.78, 5) is 8.11. The molecule has 0 aliphatic rings. The van der Waals surface area contributed by atoms with Crippen molar-refractivity contribution in [3.05, 3.63) is 70.0 Å². The summed E-state index contributed by atoms with van der Waals surface area (Å²) in [6.07, 6.45) is 3.63. The maximum Gasteiger partial charge on any atom is 0.133 e. The summed E-state index contributed by atoms with van der Waals surface area (Å²) in [6, 6.07) is 9.40. The van der Waals surface area contributed by atoms with Gasteiger partial charge < -0.3 is 9.94 Å². The first-order chi connectivity index (χ1) is 15.0. The molecule has 0 saturated heterocycles. The summed E-state index contributed by atoms with van der Waals surface area (Å²) in [6.45, 7) is 16.9. The van der Waals surface area contributed by atoms with Gasteiger partial charge in [-0.1, -0.05) is 17.3 Å². The highest BCUT2D eigenvalue weighted by molar-refractivity contribution is 6.10. The van der Waals surface area contributed by atoms with Gasteiger partial charge in [-0.05, 0) is 108 Å². The number of allylic oxidation sites excluding steroid dienone is 1. The highest BCUT2D eigenvalue weighted by Crippen LogP contribution is 2.20. The maximum absolute atomic E-state index is 14.9. The van der Waals surface area contributed by atoms with Gasteiger partial charge in [-0.25, -0.2) is 4.39 Å². The molecular weight excluding hydrogens is 403 g/mol. The Morgan fingerprint density at radius 2 is 1.62 bits per heavy atom. The average molecular weight is 441 g/mol. The number of phenolic OH excluding ortho intramolecular Hbond substituents is 1. The molecule has 1 unspecified atom stereocenters. The number of benzene rings is 2. The fourth-order valence-corrected chi connectivity index (χ4v) is 4.08. The Hall–Kier alpha value is -2.66. The molecule has 174 valence electrons. The third-order valence-corrected chi connectivity index (χ3v) is 5.71. The highest BCUT2D eigenvalue weighted by atomic mass is 19.1. The zero-order valence-corrected chi connectivity index (χ0v) is 20.6. The standard InChI is InChI=1S/C27H37FN2O2/c1-17(2)30(18(3)4)22(8)16-32-29-27(25-14-19(5)20(6)15-26(25)28)12-10-23-9-11-24(31)13-21(23)7/h9-15,17-18,22,31H,16H2,1-8H3/b12-10+,29-27-. The van der Waals surface area contributed by atoms with Crippen LogP contribution in [-0.2, 0) is 4.84 Å². The van der Waals surface area contributed by atoms with Crippen LogP contribution in [-0.4, -0.2) is 40.5 Å². The smallest absolute Gasteiger partial charge is 0.133 e. The van der Waals surface area contributed by atoms with Gasteiger partial charge in [0.2, 0.25) is 0 Å². The fraction of sp³-hybridized carbons (Fsp3) is 0.444. The van der Waals surface area contributed by atoms with E-state index in [9.17, 15) is 9.50 Å². The Morgan fingerprint density at radius 1 is 1.00 bits per heavy atom. The third kappa shape index (κ3) is 6.67. The number of rotatable bonds is 9. The molecule has 2 aromatic carbocycles. The number of aryl methyl sites for hydroxylation is 3. The minimum atomic E-state index is -0.332. The summed E-state index contributed by atoms with van der Waals surface area (Å²) < 4.78 is 14.9. The number of aromatic hydroxyl groups is 1. The van der Waals surface area contributed by atoms with Crippen molar-refractivity contribution in [1.29, 1.82) is 0 Å². The summed E-state index contributed by atoms with van der Waals surface area (Å²) in [5.74, 6) is -0.118. The van der Waals surface area contributed by atoms with Crippen molar-refractivity contribution >= 4 is 11.8 Å². The lowest BCUT2D eigenvalue weighted by atomic mass is 10.0. The second-order valence-corrected chi connectivity index (χ2v) is 9.05. The molecule has 0 aliphatic carbocycles. The van der Waals surface area contributed by atoms with Gasteiger partial charge in [-0.3, -0.25) is 4.90 Å². The van der Waals surface area contributed by atoms with Crippen LogP contribution < -0.4 is 0 Å². The minimum absolute atomic E-state index is 0.160. The van der Waals surface area contributed by atoms with Crippen LogP contribution in [0, 0.1) is 26.6 Å². The Balaban J connectivity index is 2.36. The van der Waals surface area contributed by atoms with Crippen molar-refractivity contribution in [3.8, 4) is 5.75 Å². The van der Waals surface area contributed by atoms with Gasteiger partial charge >= 0.3 is 0 Å². The summed E-state index contributed by atoms with van der Waals surface area (Å²) in [7, 11) is 0. The van der Waals surface area contributed by atoms with Crippen molar-refractivity contribution in [2.45, 2.75) is 73.5 Å². The molecule has 0 saturated carbocycles. The molecule has 0 radical (unpaired) electrons. The van der Waals surface area contributed by atoms with Gasteiger partial charge in [0.25, 0.3) is 0 Å². The average Bonchev–Trinajstić information content (AvgIpc) is 2.68. The lowest BCUT2D eigenvalue weighted by Gasteiger charge is -2.35. The molecule has 1 N–H and O–H groups in total. The van der Waals surface area contributed by atoms with Crippen LogP contribution in [0.15, 0.2) is 41.6 Å². The molecule has 0 heterocycles. The second-order valence-electron chi connectivity index (χ2n) is 9.05. The van der Waals surface area contributed by atoms with E-state index in [4.69, 9.17) is 4.84 Å². The number of nitrogens with zero attached hydrogens (tertiary/aromatic N) is 2. The molecule has 0 aromatic heterocycles. The lowest BCUT2D eigenvalue weighted by Crippen LogP contribution is -2.45. The molecular formula is C27H37FN2O2. The van der Waals surface area contributed by atoms with E-state index in [1.54, 1.807) is 24.3 Å². The topological polar surface area (TPSA) is 45.1 Å². The van der Waals surface area contributed by atoms with Crippen molar-refractivity contribution in [3.63, 3.8) is 0 Å². The zero-order chi connectivity index (χ0) is 24.0. The first kappa shape index (κ1) is 25.6. The predicted octanol–water partition coefficient (Wildman–Crippen LogP) is 6.40. The zero-order valence-electron chi connectivity index (χ0n) is 20.6. The van der Waals surface area contributed by atoms with E-state index in [2.05, 4.69) is 44.7 Å². The van der Waals surface area contributed by atoms with Crippen LogP contribution in [0.25, 0.3) is 6.08 Å². The van der Waals surface area contributed by atoms with Crippen LogP contribution in [0.2, 0.25) is 0 Å². The van der Waals surface area contributed by atoms with Crippen molar-refractivity contribution in [1.82, 2.24) is 4.90 Å². The van der Waals surface area contributed by atoms with Crippen molar-refractivity contribution in [2.75, 3.05) is 6.61 Å². The molecule has 1 atom stereocenters. The first-order valence-electron chi connectivity index (χ1n) is 11.2. The molecule has 0 spiro atoms. The molecule has 5 heteroatoms. The van der Waals surface area contributed by atoms with Crippen LogP contribution in [0.4, 0.5) is 4.39 Å². The van der Waals surface area contributed by atoms with E-state index in [0.29, 0.717) is 30.0 Å². The quantitative estimate of drug-likeness (QED) is 0.363. The number of phenols is 1. The summed E-state index contributed by atoms with van der Waals surface area (Å²) in [5.41, 5.74) is 4.54. The molecule has 4 nitrogen and oxygen atoms in total. The largest absolute Gasteiger partial charge is 0.508 e. The molecule has 0 aliphatic heterocycles. The van der Waals surface area contributed by atoms with Gasteiger partial charge in [0, 0.05) is 23.7 Å². The monoisotopic (exact) mass is 440 g/mol. The Kier molecular flexibility index (Phi) is 9.02. The van der Waals surface area contributed by atoms with Crippen molar-refractivity contribution < 1.29 is 14.3 Å². The number of hydrogen-bond donors (Lipinski definition) is 1. The second kappa shape index (κ2) is 11.3. The summed E-state index contributed by atoms with van der Waals surface area (Å²) >= 11 is 0. The van der Waals surface area contributed by atoms with E-state index < -0.39 is 0 Å². The van der Waals surface area contributed by atoms with Gasteiger partial charge in [0.15, 0.2) is 0 Å². The third-order valence-electron chi connectivity index (χ3n) is 5.71. The first-order valence-corrected chi connectivity index (χ1v) is 11.2. The molecule has 0 fully saturated rings. The Labute approximate surface area is 192 Å². The van der Waals surface area contributed by atoms with Gasteiger partial charge in [-0.2, -0.15) is 0 Å². The van der Waals surface area contributed by atoms with E-state index in [-0.39, 0.29) is 17.6 Å². The van der Waals surface area contributed by atoms with Crippen LogP contribution in [0.5, 0.6) is 5.75 Å². The number of halogens is 1. The molecule has 2 rings (SSSR count). The van der Waals surface area contributed by atoms with E-state index in [1.807, 2.05) is 32.9 Å². The molecule has 32 heavy (non-hydrogen) atoms. The molecule has 2 aromatic rings. The Bertz CT molecular complexity index is 972. The molecule has 0 amide bonds. The predicted molar refractivity (Wildman–Crippen MR) is 132 cm³/mol. The lowest BCUT2D eigenvalue weighted by molar-refractivity contribution is 0.0386. The molecule has 0 bridgehead atoms.